The number of carboxylic acids is 3. The maximum Gasteiger partial charge on any atom is 0.326 e. The first-order chi connectivity index (χ1) is 20.0. The van der Waals surface area contributed by atoms with Gasteiger partial charge in [-0.1, -0.05) is 89.9 Å². The number of ketones is 1. The van der Waals surface area contributed by atoms with Crippen LogP contribution in [-0.2, 0) is 28.8 Å². The minimum atomic E-state index is -1.27. The summed E-state index contributed by atoms with van der Waals surface area (Å²) < 4.78 is 0. The molecule has 0 aliphatic rings. The highest BCUT2D eigenvalue weighted by molar-refractivity contribution is 5.86. The highest BCUT2D eigenvalue weighted by atomic mass is 16.4. The highest BCUT2D eigenvalue weighted by Crippen LogP contribution is 2.14. The molecule has 2 atom stereocenters. The Morgan fingerprint density at radius 3 is 1.10 bits per heavy atom. The number of rotatable bonds is 29. The van der Waals surface area contributed by atoms with Crippen LogP contribution in [0.25, 0.3) is 0 Å². The second-order valence-electron chi connectivity index (χ2n) is 11.2. The molecule has 0 saturated carbocycles. The normalized spacial score (nSPS) is 12.3. The summed E-state index contributed by atoms with van der Waals surface area (Å²) in [6.07, 6.45) is 17.7. The van der Waals surface area contributed by atoms with E-state index in [0.29, 0.717) is 6.42 Å². The van der Waals surface area contributed by atoms with Gasteiger partial charge in [0.15, 0.2) is 0 Å². The van der Waals surface area contributed by atoms with Gasteiger partial charge in [-0.2, -0.15) is 0 Å². The molecule has 2 amide bonds. The van der Waals surface area contributed by atoms with Gasteiger partial charge < -0.3 is 30.7 Å². The standard InChI is InChI=1S/C31H54N2O9/c1-24(34)20-21-25(30(39)40)33-28(36)23-22-26(31(41)42)32-27(35)18-16-14-12-10-8-6-4-2-3-5-7-9-11-13-15-17-19-29(37)38/h25-26H,2-23H2,1H3,(H,32,35)(H,33,36)(H,37,38)(H,39,40)(H,41,42)/t25?,26-/m0/s1. The van der Waals surface area contributed by atoms with E-state index in [4.69, 9.17) is 5.11 Å². The zero-order valence-corrected chi connectivity index (χ0v) is 25.5. The first-order valence-electron chi connectivity index (χ1n) is 15.8. The van der Waals surface area contributed by atoms with Gasteiger partial charge in [0.25, 0.3) is 0 Å². The molecule has 0 aliphatic carbocycles. The molecule has 0 aromatic heterocycles. The van der Waals surface area contributed by atoms with Crippen molar-refractivity contribution in [1.82, 2.24) is 10.6 Å². The van der Waals surface area contributed by atoms with Crippen LogP contribution in [-0.4, -0.2) is 62.9 Å². The first kappa shape index (κ1) is 39.0. The van der Waals surface area contributed by atoms with Gasteiger partial charge in [0, 0.05) is 25.7 Å². The van der Waals surface area contributed by atoms with Crippen LogP contribution in [0, 0.1) is 0 Å². The number of nitrogens with one attached hydrogen (secondary N) is 2. The summed E-state index contributed by atoms with van der Waals surface area (Å²) in [5.74, 6) is -4.46. The van der Waals surface area contributed by atoms with Crippen molar-refractivity contribution >= 4 is 35.5 Å². The molecule has 0 aliphatic heterocycles. The average molecular weight is 599 g/mol. The third kappa shape index (κ3) is 24.8. The topological polar surface area (TPSA) is 187 Å². The molecule has 0 heterocycles. The lowest BCUT2D eigenvalue weighted by atomic mass is 10.0. The van der Waals surface area contributed by atoms with E-state index < -0.39 is 35.9 Å². The minimum Gasteiger partial charge on any atom is -0.481 e. The van der Waals surface area contributed by atoms with Gasteiger partial charge in [0.2, 0.25) is 11.8 Å². The Hall–Kier alpha value is -2.98. The Kier molecular flexibility index (Phi) is 23.9. The van der Waals surface area contributed by atoms with Crippen molar-refractivity contribution in [3.63, 3.8) is 0 Å². The fraction of sp³-hybridized carbons (Fsp3) is 0.806. The van der Waals surface area contributed by atoms with E-state index in [1.165, 1.54) is 64.7 Å². The third-order valence-electron chi connectivity index (χ3n) is 7.26. The molecule has 0 aromatic carbocycles. The quantitative estimate of drug-likeness (QED) is 0.0704. The Bertz CT molecular complexity index is 816. The zero-order chi connectivity index (χ0) is 31.6. The molecular formula is C31H54N2O9. The van der Waals surface area contributed by atoms with Crippen molar-refractivity contribution in [2.75, 3.05) is 0 Å². The number of hydrogen-bond acceptors (Lipinski definition) is 6. The van der Waals surface area contributed by atoms with Crippen molar-refractivity contribution in [3.8, 4) is 0 Å². The molecule has 0 spiro atoms. The Morgan fingerprint density at radius 1 is 0.452 bits per heavy atom. The first-order valence-corrected chi connectivity index (χ1v) is 15.8. The van der Waals surface area contributed by atoms with Crippen LogP contribution >= 0.6 is 0 Å². The van der Waals surface area contributed by atoms with Crippen LogP contribution in [0.1, 0.15) is 148 Å². The number of hydrogen-bond donors (Lipinski definition) is 5. The van der Waals surface area contributed by atoms with Gasteiger partial charge in [-0.3, -0.25) is 14.4 Å². The average Bonchev–Trinajstić information content (AvgIpc) is 2.91. The number of carbonyl (C=O) groups is 6. The van der Waals surface area contributed by atoms with Crippen LogP contribution in [0.4, 0.5) is 0 Å². The van der Waals surface area contributed by atoms with Gasteiger partial charge in [-0.05, 0) is 32.6 Å². The summed E-state index contributed by atoms with van der Waals surface area (Å²) in [6, 6.07) is -2.46. The molecule has 42 heavy (non-hydrogen) atoms. The van der Waals surface area contributed by atoms with Crippen LogP contribution < -0.4 is 10.6 Å². The van der Waals surface area contributed by atoms with Crippen molar-refractivity contribution in [1.29, 1.82) is 0 Å². The third-order valence-corrected chi connectivity index (χ3v) is 7.26. The molecule has 0 fully saturated rings. The summed E-state index contributed by atoms with van der Waals surface area (Å²) in [7, 11) is 0. The molecule has 1 unspecified atom stereocenters. The van der Waals surface area contributed by atoms with Gasteiger partial charge >= 0.3 is 17.9 Å². The summed E-state index contributed by atoms with van der Waals surface area (Å²) in [4.78, 5) is 68.6. The van der Waals surface area contributed by atoms with E-state index in [9.17, 15) is 39.0 Å². The number of carboxylic acid groups (broad SMARTS) is 3. The molecule has 0 aromatic rings. The summed E-state index contributed by atoms with van der Waals surface area (Å²) in [5, 5.41) is 31.9. The van der Waals surface area contributed by atoms with E-state index in [-0.39, 0.29) is 50.2 Å². The molecule has 11 nitrogen and oxygen atoms in total. The van der Waals surface area contributed by atoms with Gasteiger partial charge in [0.1, 0.15) is 17.9 Å². The Morgan fingerprint density at radius 2 is 0.762 bits per heavy atom. The highest BCUT2D eigenvalue weighted by Gasteiger charge is 2.24. The molecule has 0 radical (unpaired) electrons. The Labute approximate surface area is 250 Å². The van der Waals surface area contributed by atoms with Crippen molar-refractivity contribution in [3.05, 3.63) is 0 Å². The van der Waals surface area contributed by atoms with Crippen LogP contribution in [0.5, 0.6) is 0 Å². The van der Waals surface area contributed by atoms with Crippen LogP contribution in [0.3, 0.4) is 0 Å². The second-order valence-corrected chi connectivity index (χ2v) is 11.2. The second kappa shape index (κ2) is 25.7. The number of unbranched alkanes of at least 4 members (excludes halogenated alkanes) is 15. The maximum absolute atomic E-state index is 12.2. The lowest BCUT2D eigenvalue weighted by Crippen LogP contribution is -2.44. The van der Waals surface area contributed by atoms with E-state index >= 15 is 0 Å². The molecule has 0 saturated heterocycles. The zero-order valence-electron chi connectivity index (χ0n) is 25.5. The molecule has 11 heteroatoms. The van der Waals surface area contributed by atoms with Crippen LogP contribution in [0.2, 0.25) is 0 Å². The predicted octanol–water partition coefficient (Wildman–Crippen LogP) is 5.38. The Balaban J connectivity index is 3.80. The van der Waals surface area contributed by atoms with Crippen molar-refractivity contribution in [2.24, 2.45) is 0 Å². The van der Waals surface area contributed by atoms with Gasteiger partial charge in [-0.25, -0.2) is 9.59 Å². The lowest BCUT2D eigenvalue weighted by molar-refractivity contribution is -0.143. The molecule has 242 valence electrons. The molecule has 0 bridgehead atoms. The van der Waals surface area contributed by atoms with E-state index in [1.54, 1.807) is 0 Å². The molecular weight excluding hydrogens is 544 g/mol. The maximum atomic E-state index is 12.2. The predicted molar refractivity (Wildman–Crippen MR) is 159 cm³/mol. The van der Waals surface area contributed by atoms with Gasteiger partial charge in [0.05, 0.1) is 0 Å². The van der Waals surface area contributed by atoms with Gasteiger partial charge in [-0.15, -0.1) is 0 Å². The van der Waals surface area contributed by atoms with Crippen molar-refractivity contribution < 1.29 is 44.1 Å². The molecule has 0 rings (SSSR count). The minimum absolute atomic E-state index is 0.00759. The lowest BCUT2D eigenvalue weighted by Gasteiger charge is -2.16. The van der Waals surface area contributed by atoms with Crippen LogP contribution in [0.15, 0.2) is 0 Å². The molecule has 5 N–H and O–H groups in total. The van der Waals surface area contributed by atoms with E-state index in [2.05, 4.69) is 10.6 Å². The number of aliphatic carboxylic acids is 3. The monoisotopic (exact) mass is 598 g/mol. The number of amides is 2. The largest absolute Gasteiger partial charge is 0.481 e. The fourth-order valence-electron chi connectivity index (χ4n) is 4.71. The summed E-state index contributed by atoms with van der Waals surface area (Å²) >= 11 is 0. The summed E-state index contributed by atoms with van der Waals surface area (Å²) in [5.41, 5.74) is 0. The summed E-state index contributed by atoms with van der Waals surface area (Å²) in [6.45, 7) is 1.33. The van der Waals surface area contributed by atoms with Crippen molar-refractivity contribution in [2.45, 2.75) is 160 Å². The van der Waals surface area contributed by atoms with E-state index in [1.807, 2.05) is 0 Å². The smallest absolute Gasteiger partial charge is 0.326 e. The fourth-order valence-corrected chi connectivity index (χ4v) is 4.71. The number of Topliss-reactive ketones (excluding diaryl/α,β-unsaturated/α-hetero) is 1. The van der Waals surface area contributed by atoms with E-state index in [0.717, 1.165) is 38.5 Å². The SMILES string of the molecule is CC(=O)CCC(NC(=O)CC[C@H](NC(=O)CCCCCCCCCCCCCCCCCCC(=O)O)C(=O)O)C(=O)O. The number of carbonyl (C=O) groups excluding carboxylic acids is 3.